The van der Waals surface area contributed by atoms with Gasteiger partial charge in [0.25, 0.3) is 0 Å². The zero-order valence-corrected chi connectivity index (χ0v) is 11.4. The predicted molar refractivity (Wildman–Crippen MR) is 78.1 cm³/mol. The first-order chi connectivity index (χ1) is 9.76. The van der Waals surface area contributed by atoms with Gasteiger partial charge in [-0.25, -0.2) is 4.98 Å². The van der Waals surface area contributed by atoms with Crippen molar-refractivity contribution >= 4 is 11.0 Å². The molecule has 102 valence electrons. The van der Waals surface area contributed by atoms with E-state index in [-0.39, 0.29) is 6.04 Å². The van der Waals surface area contributed by atoms with Gasteiger partial charge in [-0.2, -0.15) is 5.10 Å². The Morgan fingerprint density at radius 1 is 1.20 bits per heavy atom. The number of rotatable bonds is 4. The van der Waals surface area contributed by atoms with Crippen molar-refractivity contribution in [2.45, 2.75) is 25.9 Å². The predicted octanol–water partition coefficient (Wildman–Crippen LogP) is 2.09. The first-order valence-corrected chi connectivity index (χ1v) is 6.75. The molecular formula is C15H17N5. The van der Waals surface area contributed by atoms with E-state index in [4.69, 9.17) is 5.73 Å². The van der Waals surface area contributed by atoms with Crippen LogP contribution < -0.4 is 5.73 Å². The molecule has 0 aliphatic rings. The molecule has 0 saturated carbocycles. The van der Waals surface area contributed by atoms with E-state index < -0.39 is 0 Å². The van der Waals surface area contributed by atoms with Crippen LogP contribution in [0.15, 0.2) is 42.9 Å². The van der Waals surface area contributed by atoms with Crippen LogP contribution in [0.4, 0.5) is 0 Å². The van der Waals surface area contributed by atoms with Crippen molar-refractivity contribution in [2.75, 3.05) is 0 Å². The first kappa shape index (κ1) is 12.7. The summed E-state index contributed by atoms with van der Waals surface area (Å²) in [6.45, 7) is 2.93. The molecule has 5 nitrogen and oxygen atoms in total. The van der Waals surface area contributed by atoms with Crippen molar-refractivity contribution < 1.29 is 0 Å². The van der Waals surface area contributed by atoms with Gasteiger partial charge < -0.3 is 5.73 Å². The van der Waals surface area contributed by atoms with Crippen molar-refractivity contribution in [3.8, 4) is 0 Å². The maximum Gasteiger partial charge on any atom is 0.0890 e. The number of para-hydroxylation sites is 2. The fourth-order valence-corrected chi connectivity index (χ4v) is 2.19. The van der Waals surface area contributed by atoms with Gasteiger partial charge in [0.2, 0.25) is 0 Å². The van der Waals surface area contributed by atoms with E-state index in [0.29, 0.717) is 6.42 Å². The van der Waals surface area contributed by atoms with Gasteiger partial charge in [-0.15, -0.1) is 0 Å². The monoisotopic (exact) mass is 267 g/mol. The number of hydrogen-bond donors (Lipinski definition) is 1. The Morgan fingerprint density at radius 2 is 2.00 bits per heavy atom. The summed E-state index contributed by atoms with van der Waals surface area (Å²) in [6.07, 6.45) is 6.36. The fourth-order valence-electron chi connectivity index (χ4n) is 2.19. The third kappa shape index (κ3) is 2.53. The van der Waals surface area contributed by atoms with Crippen molar-refractivity contribution in [3.63, 3.8) is 0 Å². The Kier molecular flexibility index (Phi) is 3.43. The van der Waals surface area contributed by atoms with E-state index in [0.717, 1.165) is 28.8 Å². The molecule has 1 aromatic carbocycles. The zero-order valence-electron chi connectivity index (χ0n) is 11.4. The summed E-state index contributed by atoms with van der Waals surface area (Å²) >= 11 is 0. The molecule has 0 aliphatic carbocycles. The second-order valence-corrected chi connectivity index (χ2v) is 4.80. The summed E-state index contributed by atoms with van der Waals surface area (Å²) in [6, 6.07) is 7.64. The van der Waals surface area contributed by atoms with Crippen molar-refractivity contribution in [2.24, 2.45) is 5.73 Å². The lowest BCUT2D eigenvalue weighted by atomic mass is 10.1. The number of fused-ring (bicyclic) bond motifs is 1. The number of nitrogens with zero attached hydrogens (tertiary/aromatic N) is 4. The van der Waals surface area contributed by atoms with Crippen LogP contribution >= 0.6 is 0 Å². The zero-order chi connectivity index (χ0) is 13.9. The molecule has 0 amide bonds. The van der Waals surface area contributed by atoms with Gasteiger partial charge in [0.1, 0.15) is 0 Å². The number of benzene rings is 1. The van der Waals surface area contributed by atoms with Crippen molar-refractivity contribution in [1.29, 1.82) is 0 Å². The lowest BCUT2D eigenvalue weighted by Gasteiger charge is -2.10. The minimum Gasteiger partial charge on any atom is -0.322 e. The minimum absolute atomic E-state index is 0.165. The van der Waals surface area contributed by atoms with Gasteiger partial charge in [-0.05, 0) is 31.0 Å². The molecule has 0 spiro atoms. The maximum absolute atomic E-state index is 6.23. The Labute approximate surface area is 117 Å². The molecule has 2 heterocycles. The molecule has 2 N–H and O–H groups in total. The highest BCUT2D eigenvalue weighted by Gasteiger charge is 2.11. The molecule has 1 atom stereocenters. The van der Waals surface area contributed by atoms with E-state index in [9.17, 15) is 0 Å². The molecule has 2 aromatic heterocycles. The van der Waals surface area contributed by atoms with Gasteiger partial charge in [0.05, 0.1) is 35.2 Å². The average Bonchev–Trinajstić information content (AvgIpc) is 2.94. The molecule has 20 heavy (non-hydrogen) atoms. The molecule has 1 unspecified atom stereocenters. The van der Waals surface area contributed by atoms with Gasteiger partial charge in [-0.1, -0.05) is 12.1 Å². The van der Waals surface area contributed by atoms with E-state index >= 15 is 0 Å². The smallest absolute Gasteiger partial charge is 0.0890 e. The average molecular weight is 267 g/mol. The van der Waals surface area contributed by atoms with Gasteiger partial charge >= 0.3 is 0 Å². The molecule has 5 heteroatoms. The molecule has 0 saturated heterocycles. The molecule has 0 bridgehead atoms. The van der Waals surface area contributed by atoms with Crippen molar-refractivity contribution in [3.05, 3.63) is 54.1 Å². The highest BCUT2D eigenvalue weighted by Crippen LogP contribution is 2.16. The van der Waals surface area contributed by atoms with Crippen molar-refractivity contribution in [1.82, 2.24) is 19.7 Å². The van der Waals surface area contributed by atoms with Crippen LogP contribution in [0.2, 0.25) is 0 Å². The summed E-state index contributed by atoms with van der Waals surface area (Å²) in [5.41, 5.74) is 9.93. The molecule has 0 fully saturated rings. The normalized spacial score (nSPS) is 12.7. The van der Waals surface area contributed by atoms with E-state index in [1.807, 2.05) is 41.3 Å². The number of aromatic nitrogens is 4. The van der Waals surface area contributed by atoms with Gasteiger partial charge in [0.15, 0.2) is 0 Å². The molecule has 3 rings (SSSR count). The van der Waals surface area contributed by atoms with E-state index in [1.54, 1.807) is 6.20 Å². The highest BCUT2D eigenvalue weighted by atomic mass is 15.3. The Bertz CT molecular complexity index is 719. The second-order valence-electron chi connectivity index (χ2n) is 4.80. The number of hydrogen-bond acceptors (Lipinski definition) is 4. The molecular weight excluding hydrogens is 250 g/mol. The molecule has 0 radical (unpaired) electrons. The minimum atomic E-state index is -0.165. The molecule has 3 aromatic rings. The standard InChI is InChI=1S/C15H17N5/c1-2-20-10-11(8-18-20)7-12(16)15-9-17-13-5-3-4-6-14(13)19-15/h3-6,8-10,12H,2,7,16H2,1H3. The number of nitrogens with two attached hydrogens (primary N) is 1. The van der Waals surface area contributed by atoms with Gasteiger partial charge in [-0.3, -0.25) is 9.67 Å². The summed E-state index contributed by atoms with van der Waals surface area (Å²) < 4.78 is 1.90. The quantitative estimate of drug-likeness (QED) is 0.785. The Morgan fingerprint density at radius 3 is 2.75 bits per heavy atom. The lowest BCUT2D eigenvalue weighted by Crippen LogP contribution is -2.15. The van der Waals surface area contributed by atoms with Gasteiger partial charge in [0, 0.05) is 12.7 Å². The SMILES string of the molecule is CCn1cc(CC(N)c2cnc3ccccc3n2)cn1. The topological polar surface area (TPSA) is 69.6 Å². The number of aryl methyl sites for hydroxylation is 1. The Balaban J connectivity index is 1.82. The largest absolute Gasteiger partial charge is 0.322 e. The van der Waals surface area contributed by atoms with Crippen LogP contribution in [-0.2, 0) is 13.0 Å². The third-order valence-corrected chi connectivity index (χ3v) is 3.31. The summed E-state index contributed by atoms with van der Waals surface area (Å²) in [7, 11) is 0. The first-order valence-electron chi connectivity index (χ1n) is 6.75. The maximum atomic E-state index is 6.23. The van der Waals surface area contributed by atoms with Crippen LogP contribution in [0.3, 0.4) is 0 Å². The second kappa shape index (κ2) is 5.38. The summed E-state index contributed by atoms with van der Waals surface area (Å²) in [4.78, 5) is 8.99. The van der Waals surface area contributed by atoms with Crippen LogP contribution in [0.25, 0.3) is 11.0 Å². The fraction of sp³-hybridized carbons (Fsp3) is 0.267. The Hall–Kier alpha value is -2.27. The third-order valence-electron chi connectivity index (χ3n) is 3.31. The summed E-state index contributed by atoms with van der Waals surface area (Å²) in [5.74, 6) is 0. The van der Waals surface area contributed by atoms with Crippen LogP contribution in [0.5, 0.6) is 0 Å². The van der Waals surface area contributed by atoms with E-state index in [2.05, 4.69) is 22.0 Å². The molecule has 0 aliphatic heterocycles. The highest BCUT2D eigenvalue weighted by molar-refractivity contribution is 5.73. The van der Waals surface area contributed by atoms with Crippen LogP contribution in [0, 0.1) is 0 Å². The van der Waals surface area contributed by atoms with E-state index in [1.165, 1.54) is 0 Å². The van der Waals surface area contributed by atoms with Crippen LogP contribution in [0.1, 0.15) is 24.2 Å². The van der Waals surface area contributed by atoms with Crippen LogP contribution in [-0.4, -0.2) is 19.7 Å². The lowest BCUT2D eigenvalue weighted by molar-refractivity contribution is 0.656. The summed E-state index contributed by atoms with van der Waals surface area (Å²) in [5, 5.41) is 4.26.